The Morgan fingerprint density at radius 3 is 2.61 bits per heavy atom. The lowest BCUT2D eigenvalue weighted by Gasteiger charge is -2.64. The Labute approximate surface area is 140 Å². The first-order valence-corrected chi connectivity index (χ1v) is 9.01. The highest BCUT2D eigenvalue weighted by Gasteiger charge is 2.68. The normalized spacial score (nSPS) is 38.9. The third-order valence-electron chi connectivity index (χ3n) is 6.55. The molecule has 0 aromatic carbocycles. The lowest BCUT2D eigenvalue weighted by atomic mass is 9.43. The zero-order valence-corrected chi connectivity index (χ0v) is 15.1. The first-order valence-electron chi connectivity index (χ1n) is 9.01. The molecule has 1 aliphatic heterocycles. The predicted molar refractivity (Wildman–Crippen MR) is 90.6 cm³/mol. The van der Waals surface area contributed by atoms with Crippen LogP contribution in [0.1, 0.15) is 53.9 Å². The molecular formula is C17H31BN2O3. The van der Waals surface area contributed by atoms with Crippen molar-refractivity contribution < 1.29 is 14.1 Å². The summed E-state index contributed by atoms with van der Waals surface area (Å²) in [5.74, 6) is 1.44. The monoisotopic (exact) mass is 322 g/mol. The fourth-order valence-corrected chi connectivity index (χ4v) is 5.08. The summed E-state index contributed by atoms with van der Waals surface area (Å²) < 4.78 is 12.8. The molecule has 1 heterocycles. The maximum Gasteiger partial charge on any atom is 0.481 e. The van der Waals surface area contributed by atoms with Crippen LogP contribution in [0.4, 0.5) is 0 Å². The van der Waals surface area contributed by atoms with Crippen LogP contribution in [0.25, 0.3) is 0 Å². The average molecular weight is 322 g/mol. The highest BCUT2D eigenvalue weighted by Crippen LogP contribution is 2.65. The Balaban J connectivity index is 1.75. The molecule has 5 atom stereocenters. The molecule has 0 radical (unpaired) electrons. The molecular weight excluding hydrogens is 291 g/mol. The lowest BCUT2D eigenvalue weighted by Crippen LogP contribution is -2.65. The molecule has 1 saturated heterocycles. The molecule has 23 heavy (non-hydrogen) atoms. The van der Waals surface area contributed by atoms with E-state index in [1.165, 1.54) is 6.42 Å². The molecule has 0 aromatic rings. The van der Waals surface area contributed by atoms with E-state index in [0.717, 1.165) is 18.8 Å². The van der Waals surface area contributed by atoms with Gasteiger partial charge < -0.3 is 20.4 Å². The van der Waals surface area contributed by atoms with Gasteiger partial charge in [-0.2, -0.15) is 0 Å². The second kappa shape index (κ2) is 5.75. The van der Waals surface area contributed by atoms with Crippen molar-refractivity contribution in [3.63, 3.8) is 0 Å². The number of nitrogens with one attached hydrogen (secondary N) is 1. The van der Waals surface area contributed by atoms with Crippen molar-refractivity contribution in [3.8, 4) is 0 Å². The van der Waals surface area contributed by atoms with Gasteiger partial charge in [0.15, 0.2) is 0 Å². The van der Waals surface area contributed by atoms with Crippen LogP contribution in [0.2, 0.25) is 0 Å². The van der Waals surface area contributed by atoms with Gasteiger partial charge in [0.05, 0.1) is 24.2 Å². The van der Waals surface area contributed by atoms with Gasteiger partial charge >= 0.3 is 7.12 Å². The van der Waals surface area contributed by atoms with Gasteiger partial charge in [0.25, 0.3) is 0 Å². The third kappa shape index (κ3) is 2.73. The van der Waals surface area contributed by atoms with Crippen LogP contribution >= 0.6 is 0 Å². The van der Waals surface area contributed by atoms with Gasteiger partial charge in [0.1, 0.15) is 0 Å². The van der Waals surface area contributed by atoms with E-state index in [2.05, 4.69) is 39.9 Å². The van der Waals surface area contributed by atoms with E-state index in [1.807, 2.05) is 0 Å². The fraction of sp³-hybridized carbons (Fsp3) is 0.941. The summed E-state index contributed by atoms with van der Waals surface area (Å²) in [6, 6.07) is 0. The van der Waals surface area contributed by atoms with Gasteiger partial charge in [0, 0.05) is 0 Å². The minimum absolute atomic E-state index is 0.000256. The van der Waals surface area contributed by atoms with Crippen molar-refractivity contribution in [2.24, 2.45) is 28.9 Å². The van der Waals surface area contributed by atoms with Crippen molar-refractivity contribution in [1.29, 1.82) is 0 Å². The second-order valence-electron chi connectivity index (χ2n) is 8.84. The molecule has 4 aliphatic rings. The molecule has 0 aromatic heterocycles. The van der Waals surface area contributed by atoms with Crippen molar-refractivity contribution in [2.75, 3.05) is 6.54 Å². The van der Waals surface area contributed by atoms with E-state index in [9.17, 15) is 4.79 Å². The molecule has 4 fully saturated rings. The van der Waals surface area contributed by atoms with Crippen molar-refractivity contribution in [1.82, 2.24) is 5.32 Å². The summed E-state index contributed by atoms with van der Waals surface area (Å²) in [6.07, 6.45) is 3.28. The van der Waals surface area contributed by atoms with Crippen LogP contribution in [-0.2, 0) is 14.1 Å². The summed E-state index contributed by atoms with van der Waals surface area (Å²) in [4.78, 5) is 11.8. The number of nitrogens with two attached hydrogens (primary N) is 1. The van der Waals surface area contributed by atoms with Gasteiger partial charge in [0.2, 0.25) is 5.91 Å². The Morgan fingerprint density at radius 2 is 2.04 bits per heavy atom. The van der Waals surface area contributed by atoms with Crippen LogP contribution < -0.4 is 11.1 Å². The quantitative estimate of drug-likeness (QED) is 0.756. The first-order chi connectivity index (χ1) is 10.7. The van der Waals surface area contributed by atoms with Gasteiger partial charge in [-0.15, -0.1) is 0 Å². The van der Waals surface area contributed by atoms with E-state index in [4.69, 9.17) is 15.0 Å². The topological polar surface area (TPSA) is 73.6 Å². The van der Waals surface area contributed by atoms with Crippen molar-refractivity contribution >= 4 is 13.0 Å². The van der Waals surface area contributed by atoms with Crippen molar-refractivity contribution in [3.05, 3.63) is 0 Å². The highest BCUT2D eigenvalue weighted by atomic mass is 16.7. The molecule has 6 heteroatoms. The summed E-state index contributed by atoms with van der Waals surface area (Å²) in [7, 11) is -0.363. The molecule has 1 unspecified atom stereocenters. The van der Waals surface area contributed by atoms with Crippen molar-refractivity contribution in [2.45, 2.75) is 71.5 Å². The standard InChI is InChI=1S/C17H31BN2O3/c1-10(2)6-14(20-15(21)9-19)18-22-13-8-11-7-12(16(11,3)4)17(13,5)23-18/h10-14H,6-9,19H2,1-5H3,(H,20,21)/t11?,12-,13-,14+,17+/m1/s1. The fourth-order valence-electron chi connectivity index (χ4n) is 5.08. The highest BCUT2D eigenvalue weighted by molar-refractivity contribution is 6.47. The van der Waals surface area contributed by atoms with Crippen LogP contribution in [0, 0.1) is 23.2 Å². The molecule has 4 rings (SSSR count). The Bertz CT molecular complexity index is 484. The number of hydrogen-bond donors (Lipinski definition) is 2. The molecule has 3 saturated carbocycles. The summed E-state index contributed by atoms with van der Waals surface area (Å²) >= 11 is 0. The molecule has 130 valence electrons. The zero-order chi connectivity index (χ0) is 17.0. The van der Waals surface area contributed by atoms with Gasteiger partial charge in [-0.05, 0) is 49.4 Å². The van der Waals surface area contributed by atoms with Crippen LogP contribution in [-0.4, -0.2) is 37.2 Å². The number of carbonyl (C=O) groups excluding carboxylic acids is 1. The van der Waals surface area contributed by atoms with Crippen LogP contribution in [0.3, 0.4) is 0 Å². The Kier molecular flexibility index (Phi) is 4.31. The number of amides is 1. The smallest absolute Gasteiger partial charge is 0.404 e. The summed E-state index contributed by atoms with van der Waals surface area (Å²) in [5.41, 5.74) is 5.56. The Morgan fingerprint density at radius 1 is 1.35 bits per heavy atom. The largest absolute Gasteiger partial charge is 0.481 e. The maximum absolute atomic E-state index is 11.8. The Hall–Kier alpha value is -0.585. The minimum atomic E-state index is -0.363. The summed E-state index contributed by atoms with van der Waals surface area (Å²) in [5, 5.41) is 3.00. The van der Waals surface area contributed by atoms with E-state index in [-0.39, 0.29) is 37.2 Å². The molecule has 2 bridgehead atoms. The van der Waals surface area contributed by atoms with E-state index in [0.29, 0.717) is 17.3 Å². The van der Waals surface area contributed by atoms with Gasteiger partial charge in [-0.1, -0.05) is 27.7 Å². The minimum Gasteiger partial charge on any atom is -0.404 e. The molecule has 1 amide bonds. The predicted octanol–water partition coefficient (Wildman–Crippen LogP) is 1.74. The first kappa shape index (κ1) is 17.2. The molecule has 3 N–H and O–H groups in total. The third-order valence-corrected chi connectivity index (χ3v) is 6.55. The maximum atomic E-state index is 11.8. The molecule has 5 nitrogen and oxygen atoms in total. The molecule has 0 spiro atoms. The summed E-state index contributed by atoms with van der Waals surface area (Å²) in [6.45, 7) is 11.2. The number of hydrogen-bond acceptors (Lipinski definition) is 4. The average Bonchev–Trinajstić information content (AvgIpc) is 2.82. The second-order valence-corrected chi connectivity index (χ2v) is 8.84. The lowest BCUT2D eigenvalue weighted by molar-refractivity contribution is -0.199. The van der Waals surface area contributed by atoms with E-state index in [1.54, 1.807) is 0 Å². The van der Waals surface area contributed by atoms with Gasteiger partial charge in [-0.3, -0.25) is 4.79 Å². The zero-order valence-electron chi connectivity index (χ0n) is 15.1. The SMILES string of the molecule is CC(C)C[C@H](NC(=O)CN)B1O[C@@H]2CC3C[C@H](C3(C)C)[C@]2(C)O1. The number of rotatable bonds is 5. The van der Waals surface area contributed by atoms with Gasteiger partial charge in [-0.25, -0.2) is 0 Å². The number of carbonyl (C=O) groups is 1. The molecule has 3 aliphatic carbocycles. The van der Waals surface area contributed by atoms with Crippen LogP contribution in [0.5, 0.6) is 0 Å². The van der Waals surface area contributed by atoms with E-state index >= 15 is 0 Å². The van der Waals surface area contributed by atoms with E-state index < -0.39 is 0 Å². The van der Waals surface area contributed by atoms with Crippen LogP contribution in [0.15, 0.2) is 0 Å².